The van der Waals surface area contributed by atoms with E-state index in [4.69, 9.17) is 18.6 Å². The minimum absolute atomic E-state index is 0.0463. The number of rotatable bonds is 4. The van der Waals surface area contributed by atoms with Crippen LogP contribution in [0.15, 0.2) is 57.7 Å². The maximum absolute atomic E-state index is 13.1. The third-order valence-electron chi connectivity index (χ3n) is 5.86. The highest BCUT2D eigenvalue weighted by Crippen LogP contribution is 2.35. The van der Waals surface area contributed by atoms with Gasteiger partial charge in [0.2, 0.25) is 0 Å². The zero-order valence-electron chi connectivity index (χ0n) is 17.8. The Morgan fingerprint density at radius 3 is 2.75 bits per heavy atom. The molecule has 3 aromatic rings. The first-order valence-electron chi connectivity index (χ1n) is 10.6. The molecular weight excluding hydrogens is 412 g/mol. The van der Waals surface area contributed by atoms with E-state index in [1.165, 1.54) is 6.07 Å². The number of methoxy groups -OCH3 is 1. The van der Waals surface area contributed by atoms with Crippen LogP contribution in [0.5, 0.6) is 11.5 Å². The van der Waals surface area contributed by atoms with Gasteiger partial charge in [-0.2, -0.15) is 0 Å². The highest BCUT2D eigenvalue weighted by molar-refractivity contribution is 5.84. The maximum atomic E-state index is 13.1. The minimum atomic E-state index is -0.630. The molecule has 3 heterocycles. The van der Waals surface area contributed by atoms with Crippen LogP contribution in [0.1, 0.15) is 5.56 Å². The van der Waals surface area contributed by atoms with Crippen LogP contribution in [0.25, 0.3) is 11.0 Å². The van der Waals surface area contributed by atoms with E-state index in [1.54, 1.807) is 18.1 Å². The largest absolute Gasteiger partial charge is 0.497 e. The second kappa shape index (κ2) is 8.55. The van der Waals surface area contributed by atoms with Gasteiger partial charge in [0.15, 0.2) is 6.10 Å². The quantitative estimate of drug-likeness (QED) is 0.581. The molecule has 1 fully saturated rings. The van der Waals surface area contributed by atoms with Crippen molar-refractivity contribution in [2.75, 3.05) is 44.9 Å². The molecule has 2 aromatic carbocycles. The van der Waals surface area contributed by atoms with Gasteiger partial charge in [0, 0.05) is 37.2 Å². The van der Waals surface area contributed by atoms with E-state index in [1.807, 2.05) is 36.4 Å². The van der Waals surface area contributed by atoms with E-state index in [2.05, 4.69) is 4.90 Å². The highest BCUT2D eigenvalue weighted by atomic mass is 16.5. The number of hydrogen-bond donors (Lipinski definition) is 0. The Morgan fingerprint density at radius 2 is 1.94 bits per heavy atom. The van der Waals surface area contributed by atoms with E-state index < -0.39 is 11.7 Å². The lowest BCUT2D eigenvalue weighted by Crippen LogP contribution is -2.52. The second-order valence-corrected chi connectivity index (χ2v) is 7.85. The Morgan fingerprint density at radius 1 is 1.12 bits per heavy atom. The molecule has 0 unspecified atom stereocenters. The van der Waals surface area contributed by atoms with Gasteiger partial charge in [-0.1, -0.05) is 12.1 Å². The molecule has 1 aromatic heterocycles. The molecule has 1 atom stereocenters. The monoisotopic (exact) mass is 436 g/mol. The molecule has 8 nitrogen and oxygen atoms in total. The SMILES string of the molecule is COc1ccc2c(CN3C[C@@H](C(=O)N4CCOCC4)Oc4ccccc43)cc(=O)oc2c1. The standard InChI is InChI=1S/C24H24N2O6/c1-29-17-6-7-18-16(12-23(27)32-21(18)13-17)14-26-15-22(24(28)25-8-10-30-11-9-25)31-20-5-3-2-4-19(20)26/h2-7,12-13,22H,8-11,14-15H2,1H3/t22-/m0/s1. The smallest absolute Gasteiger partial charge is 0.336 e. The summed E-state index contributed by atoms with van der Waals surface area (Å²) in [6.07, 6.45) is -0.630. The summed E-state index contributed by atoms with van der Waals surface area (Å²) in [5.74, 6) is 1.22. The average molecular weight is 436 g/mol. The van der Waals surface area contributed by atoms with Crippen LogP contribution in [0.4, 0.5) is 5.69 Å². The van der Waals surface area contributed by atoms with Gasteiger partial charge in [-0.3, -0.25) is 4.79 Å². The molecule has 166 valence electrons. The first-order chi connectivity index (χ1) is 15.6. The summed E-state index contributed by atoms with van der Waals surface area (Å²) in [5.41, 5.74) is 1.74. The molecular formula is C24H24N2O6. The summed E-state index contributed by atoms with van der Waals surface area (Å²) >= 11 is 0. The van der Waals surface area contributed by atoms with E-state index in [-0.39, 0.29) is 5.91 Å². The molecule has 2 aliphatic rings. The normalized spacial score (nSPS) is 18.2. The molecule has 1 amide bonds. The number of anilines is 1. The molecule has 0 saturated carbocycles. The molecule has 8 heteroatoms. The molecule has 0 spiro atoms. The Bertz CT molecular complexity index is 1200. The van der Waals surface area contributed by atoms with Crippen molar-refractivity contribution in [1.29, 1.82) is 0 Å². The first-order valence-corrected chi connectivity index (χ1v) is 10.6. The molecule has 0 N–H and O–H groups in total. The summed E-state index contributed by atoms with van der Waals surface area (Å²) in [6.45, 7) is 3.01. The lowest BCUT2D eigenvalue weighted by Gasteiger charge is -2.38. The van der Waals surface area contributed by atoms with Crippen LogP contribution >= 0.6 is 0 Å². The molecule has 0 radical (unpaired) electrons. The predicted octanol–water partition coefficient (Wildman–Crippen LogP) is 2.43. The van der Waals surface area contributed by atoms with Gasteiger partial charge < -0.3 is 28.4 Å². The molecule has 0 aliphatic carbocycles. The number of carbonyl (C=O) groups is 1. The zero-order chi connectivity index (χ0) is 22.1. The summed E-state index contributed by atoms with van der Waals surface area (Å²) in [4.78, 5) is 29.3. The summed E-state index contributed by atoms with van der Waals surface area (Å²) in [7, 11) is 1.57. The van der Waals surface area contributed by atoms with Crippen molar-refractivity contribution in [1.82, 2.24) is 4.90 Å². The van der Waals surface area contributed by atoms with Gasteiger partial charge in [0.1, 0.15) is 17.1 Å². The zero-order valence-corrected chi connectivity index (χ0v) is 17.8. The maximum Gasteiger partial charge on any atom is 0.336 e. The minimum Gasteiger partial charge on any atom is -0.497 e. The number of carbonyl (C=O) groups excluding carboxylic acids is 1. The number of ether oxygens (including phenoxy) is 3. The van der Waals surface area contributed by atoms with Crippen molar-refractivity contribution >= 4 is 22.6 Å². The predicted molar refractivity (Wildman–Crippen MR) is 118 cm³/mol. The van der Waals surface area contributed by atoms with Crippen molar-refractivity contribution < 1.29 is 23.4 Å². The molecule has 0 bridgehead atoms. The van der Waals surface area contributed by atoms with E-state index >= 15 is 0 Å². The van der Waals surface area contributed by atoms with E-state index in [9.17, 15) is 9.59 Å². The number of benzene rings is 2. The van der Waals surface area contributed by atoms with Crippen LogP contribution < -0.4 is 20.0 Å². The lowest BCUT2D eigenvalue weighted by molar-refractivity contribution is -0.142. The van der Waals surface area contributed by atoms with Crippen molar-refractivity contribution in [3.63, 3.8) is 0 Å². The van der Waals surface area contributed by atoms with E-state index in [0.29, 0.717) is 56.5 Å². The van der Waals surface area contributed by atoms with Gasteiger partial charge >= 0.3 is 5.63 Å². The third-order valence-corrected chi connectivity index (χ3v) is 5.86. The Hall–Kier alpha value is -3.52. The molecule has 32 heavy (non-hydrogen) atoms. The number of morpholine rings is 1. The Kier molecular flexibility index (Phi) is 5.45. The van der Waals surface area contributed by atoms with Crippen molar-refractivity contribution in [3.8, 4) is 11.5 Å². The number of fused-ring (bicyclic) bond motifs is 2. The molecule has 5 rings (SSSR count). The number of para-hydroxylation sites is 2. The number of hydrogen-bond acceptors (Lipinski definition) is 7. The van der Waals surface area contributed by atoms with Crippen LogP contribution in [0.2, 0.25) is 0 Å². The van der Waals surface area contributed by atoms with Crippen LogP contribution in [0.3, 0.4) is 0 Å². The Balaban J connectivity index is 1.48. The van der Waals surface area contributed by atoms with Crippen molar-refractivity contribution in [2.24, 2.45) is 0 Å². The fraction of sp³-hybridized carbons (Fsp3) is 0.333. The van der Waals surface area contributed by atoms with Crippen LogP contribution in [-0.4, -0.2) is 56.9 Å². The van der Waals surface area contributed by atoms with Crippen LogP contribution in [-0.2, 0) is 16.1 Å². The lowest BCUT2D eigenvalue weighted by atomic mass is 10.1. The summed E-state index contributed by atoms with van der Waals surface area (Å²) < 4.78 is 22.1. The first kappa shape index (κ1) is 20.4. The van der Waals surface area contributed by atoms with Crippen molar-refractivity contribution in [3.05, 3.63) is 64.5 Å². The topological polar surface area (TPSA) is 81.5 Å². The van der Waals surface area contributed by atoms with Gasteiger partial charge in [0.25, 0.3) is 5.91 Å². The van der Waals surface area contributed by atoms with Gasteiger partial charge in [0.05, 0.1) is 32.6 Å². The fourth-order valence-electron chi connectivity index (χ4n) is 4.25. The molecule has 2 aliphatic heterocycles. The molecule has 1 saturated heterocycles. The second-order valence-electron chi connectivity index (χ2n) is 7.85. The number of nitrogens with zero attached hydrogens (tertiary/aromatic N) is 2. The van der Waals surface area contributed by atoms with Crippen molar-refractivity contribution in [2.45, 2.75) is 12.6 Å². The number of amides is 1. The third kappa shape index (κ3) is 3.89. The van der Waals surface area contributed by atoms with Gasteiger partial charge in [-0.25, -0.2) is 4.79 Å². The summed E-state index contributed by atoms with van der Waals surface area (Å²) in [6, 6.07) is 14.6. The fourth-order valence-corrected chi connectivity index (χ4v) is 4.25. The average Bonchev–Trinajstić information content (AvgIpc) is 2.83. The van der Waals surface area contributed by atoms with Gasteiger partial charge in [-0.15, -0.1) is 0 Å². The van der Waals surface area contributed by atoms with Crippen LogP contribution in [0, 0.1) is 0 Å². The highest BCUT2D eigenvalue weighted by Gasteiger charge is 2.34. The van der Waals surface area contributed by atoms with Gasteiger partial charge in [-0.05, 0) is 29.8 Å². The van der Waals surface area contributed by atoms with E-state index in [0.717, 1.165) is 16.6 Å². The Labute approximate surface area is 184 Å². The summed E-state index contributed by atoms with van der Waals surface area (Å²) in [5, 5.41) is 0.824.